The summed E-state index contributed by atoms with van der Waals surface area (Å²) in [5, 5.41) is 2.75. The molecule has 1 heterocycles. The molecule has 0 aromatic heterocycles. The van der Waals surface area contributed by atoms with Crippen LogP contribution in [0.3, 0.4) is 0 Å². The lowest BCUT2D eigenvalue weighted by Crippen LogP contribution is -2.51. The van der Waals surface area contributed by atoms with Crippen LogP contribution >= 0.6 is 0 Å². The third kappa shape index (κ3) is 3.09. The number of likely N-dealkylation sites (N-methyl/N-ethyl adjacent to an activating group) is 1. The van der Waals surface area contributed by atoms with Crippen LogP contribution in [0.1, 0.15) is 13.8 Å². The maximum absolute atomic E-state index is 12.2. The van der Waals surface area contributed by atoms with Gasteiger partial charge in [-0.3, -0.25) is 4.79 Å². The van der Waals surface area contributed by atoms with Gasteiger partial charge < -0.3 is 19.9 Å². The van der Waals surface area contributed by atoms with E-state index in [-0.39, 0.29) is 18.5 Å². The summed E-state index contributed by atoms with van der Waals surface area (Å²) in [5.41, 5.74) is 0.744. The van der Waals surface area contributed by atoms with Gasteiger partial charge in [-0.05, 0) is 26.0 Å². The molecule has 1 aromatic carbocycles. The van der Waals surface area contributed by atoms with E-state index in [9.17, 15) is 9.59 Å². The first kappa shape index (κ1) is 15.2. The van der Waals surface area contributed by atoms with Gasteiger partial charge in [-0.25, -0.2) is 4.79 Å². The Morgan fingerprint density at radius 3 is 2.67 bits per heavy atom. The van der Waals surface area contributed by atoms with Crippen molar-refractivity contribution in [2.75, 3.05) is 31.6 Å². The van der Waals surface area contributed by atoms with Crippen LogP contribution in [0.5, 0.6) is 5.75 Å². The fourth-order valence-electron chi connectivity index (χ4n) is 2.30. The molecular weight excluding hydrogens is 270 g/mol. The second kappa shape index (κ2) is 6.47. The molecule has 0 aliphatic carbocycles. The Hall–Kier alpha value is -2.24. The lowest BCUT2D eigenvalue weighted by molar-refractivity contribution is -0.125. The van der Waals surface area contributed by atoms with Crippen molar-refractivity contribution in [2.45, 2.75) is 20.0 Å². The Morgan fingerprint density at radius 2 is 2.00 bits per heavy atom. The number of hydrogen-bond acceptors (Lipinski definition) is 3. The van der Waals surface area contributed by atoms with Gasteiger partial charge in [-0.1, -0.05) is 12.1 Å². The van der Waals surface area contributed by atoms with Gasteiger partial charge >= 0.3 is 6.03 Å². The molecule has 0 spiro atoms. The first-order valence-corrected chi connectivity index (χ1v) is 7.14. The number of benzene rings is 1. The van der Waals surface area contributed by atoms with Gasteiger partial charge in [-0.2, -0.15) is 0 Å². The summed E-state index contributed by atoms with van der Waals surface area (Å²) in [6, 6.07) is 7.18. The van der Waals surface area contributed by atoms with E-state index < -0.39 is 6.10 Å². The molecule has 6 nitrogen and oxygen atoms in total. The average Bonchev–Trinajstić information content (AvgIpc) is 2.50. The minimum atomic E-state index is -0.690. The van der Waals surface area contributed by atoms with E-state index in [4.69, 9.17) is 4.74 Å². The van der Waals surface area contributed by atoms with Gasteiger partial charge in [0.25, 0.3) is 5.91 Å². The molecule has 3 amide bonds. The summed E-state index contributed by atoms with van der Waals surface area (Å²) in [5.74, 6) is 0.496. The van der Waals surface area contributed by atoms with Crippen molar-refractivity contribution >= 4 is 17.6 Å². The lowest BCUT2D eigenvalue weighted by atomic mass is 10.2. The lowest BCUT2D eigenvalue weighted by Gasteiger charge is -2.32. The van der Waals surface area contributed by atoms with E-state index in [1.54, 1.807) is 16.8 Å². The fourth-order valence-corrected chi connectivity index (χ4v) is 2.30. The highest BCUT2D eigenvalue weighted by Gasteiger charge is 2.32. The molecule has 0 saturated heterocycles. The summed E-state index contributed by atoms with van der Waals surface area (Å²) in [6.07, 6.45) is -0.690. The van der Waals surface area contributed by atoms with Crippen molar-refractivity contribution < 1.29 is 14.3 Å². The largest absolute Gasteiger partial charge is 0.477 e. The van der Waals surface area contributed by atoms with Crippen LogP contribution in [0.15, 0.2) is 24.3 Å². The van der Waals surface area contributed by atoms with Crippen LogP contribution in [0.25, 0.3) is 0 Å². The van der Waals surface area contributed by atoms with Gasteiger partial charge in [0.05, 0.1) is 12.2 Å². The molecule has 0 bridgehead atoms. The summed E-state index contributed by atoms with van der Waals surface area (Å²) in [6.45, 7) is 5.24. The number of anilines is 1. The van der Waals surface area contributed by atoms with Crippen LogP contribution in [0.4, 0.5) is 10.5 Å². The first-order valence-electron chi connectivity index (χ1n) is 7.14. The number of urea groups is 1. The van der Waals surface area contributed by atoms with Crippen molar-refractivity contribution in [1.29, 1.82) is 0 Å². The van der Waals surface area contributed by atoms with Crippen LogP contribution in [-0.4, -0.2) is 49.6 Å². The minimum Gasteiger partial charge on any atom is -0.477 e. The summed E-state index contributed by atoms with van der Waals surface area (Å²) in [7, 11) is 1.71. The number of rotatable bonds is 4. The molecule has 1 aliphatic heterocycles. The Kier molecular flexibility index (Phi) is 4.67. The van der Waals surface area contributed by atoms with E-state index in [1.165, 1.54) is 0 Å². The molecular formula is C15H21N3O3. The van der Waals surface area contributed by atoms with Gasteiger partial charge in [0.1, 0.15) is 5.75 Å². The zero-order valence-corrected chi connectivity index (χ0v) is 12.6. The van der Waals surface area contributed by atoms with Gasteiger partial charge in [0.2, 0.25) is 0 Å². The quantitative estimate of drug-likeness (QED) is 0.913. The fraction of sp³-hybridized carbons (Fsp3) is 0.467. The van der Waals surface area contributed by atoms with Crippen LogP contribution < -0.4 is 15.0 Å². The predicted octanol–water partition coefficient (Wildman–Crippen LogP) is 1.46. The molecule has 6 heteroatoms. The third-order valence-electron chi connectivity index (χ3n) is 3.59. The highest BCUT2D eigenvalue weighted by atomic mass is 16.5. The SMILES string of the molecule is CCN(CC)C(=O)NCC1Oc2ccccc2N(C)C1=O. The van der Waals surface area contributed by atoms with E-state index in [1.807, 2.05) is 38.1 Å². The number of carbonyl (C=O) groups is 2. The molecule has 1 aliphatic rings. The molecule has 0 saturated carbocycles. The predicted molar refractivity (Wildman–Crippen MR) is 80.6 cm³/mol. The van der Waals surface area contributed by atoms with Crippen molar-refractivity contribution in [1.82, 2.24) is 10.2 Å². The minimum absolute atomic E-state index is 0.159. The molecule has 1 unspecified atom stereocenters. The average molecular weight is 291 g/mol. The van der Waals surface area contributed by atoms with Gasteiger partial charge in [0, 0.05) is 20.1 Å². The normalized spacial score (nSPS) is 17.0. The van der Waals surface area contributed by atoms with E-state index in [2.05, 4.69) is 5.32 Å². The first-order chi connectivity index (χ1) is 10.1. The number of hydrogen-bond donors (Lipinski definition) is 1. The maximum Gasteiger partial charge on any atom is 0.317 e. The third-order valence-corrected chi connectivity index (χ3v) is 3.59. The van der Waals surface area contributed by atoms with E-state index >= 15 is 0 Å². The van der Waals surface area contributed by atoms with Gasteiger partial charge in [-0.15, -0.1) is 0 Å². The highest BCUT2D eigenvalue weighted by molar-refractivity contribution is 5.99. The summed E-state index contributed by atoms with van der Waals surface area (Å²) in [4.78, 5) is 27.4. The summed E-state index contributed by atoms with van der Waals surface area (Å²) < 4.78 is 5.69. The van der Waals surface area contributed by atoms with E-state index in [0.717, 1.165) is 5.69 Å². The Balaban J connectivity index is 2.02. The maximum atomic E-state index is 12.2. The number of amides is 3. The second-order valence-electron chi connectivity index (χ2n) is 4.83. The highest BCUT2D eigenvalue weighted by Crippen LogP contribution is 2.32. The molecule has 114 valence electrons. The van der Waals surface area contributed by atoms with E-state index in [0.29, 0.717) is 18.8 Å². The van der Waals surface area contributed by atoms with Crippen LogP contribution in [-0.2, 0) is 4.79 Å². The van der Waals surface area contributed by atoms with Crippen molar-refractivity contribution in [2.24, 2.45) is 0 Å². The monoisotopic (exact) mass is 291 g/mol. The molecule has 0 radical (unpaired) electrons. The topological polar surface area (TPSA) is 61.9 Å². The molecule has 21 heavy (non-hydrogen) atoms. The van der Waals surface area contributed by atoms with Crippen molar-refractivity contribution in [3.05, 3.63) is 24.3 Å². The molecule has 2 rings (SSSR count). The number of carbonyl (C=O) groups excluding carboxylic acids is 2. The Labute approximate surface area is 124 Å². The standard InChI is InChI=1S/C15H21N3O3/c1-4-18(5-2)15(20)16-10-13-14(19)17(3)11-8-6-7-9-12(11)21-13/h6-9,13H,4-5,10H2,1-3H3,(H,16,20). The molecule has 0 fully saturated rings. The van der Waals surface area contributed by atoms with Crippen LogP contribution in [0, 0.1) is 0 Å². The number of nitrogens with one attached hydrogen (secondary N) is 1. The van der Waals surface area contributed by atoms with Gasteiger partial charge in [0.15, 0.2) is 6.10 Å². The zero-order valence-electron chi connectivity index (χ0n) is 12.6. The number of nitrogens with zero attached hydrogens (tertiary/aromatic N) is 2. The summed E-state index contributed by atoms with van der Waals surface area (Å²) >= 11 is 0. The Bertz CT molecular complexity index is 529. The Morgan fingerprint density at radius 1 is 1.33 bits per heavy atom. The zero-order chi connectivity index (χ0) is 15.4. The second-order valence-corrected chi connectivity index (χ2v) is 4.83. The smallest absolute Gasteiger partial charge is 0.317 e. The molecule has 1 aromatic rings. The molecule has 1 N–H and O–H groups in total. The molecule has 1 atom stereocenters. The van der Waals surface area contributed by atoms with Crippen molar-refractivity contribution in [3.8, 4) is 5.75 Å². The van der Waals surface area contributed by atoms with Crippen molar-refractivity contribution in [3.63, 3.8) is 0 Å². The number of ether oxygens (including phenoxy) is 1. The number of fused-ring (bicyclic) bond motifs is 1. The number of para-hydroxylation sites is 2. The van der Waals surface area contributed by atoms with Crippen LogP contribution in [0.2, 0.25) is 0 Å².